The summed E-state index contributed by atoms with van der Waals surface area (Å²) in [5.41, 5.74) is 3.91. The van der Waals surface area contributed by atoms with Gasteiger partial charge in [0, 0.05) is 13.1 Å². The Morgan fingerprint density at radius 1 is 0.971 bits per heavy atom. The second kappa shape index (κ2) is 12.0. The number of carbonyl (C=O) groups excluding carboxylic acids is 2. The first-order chi connectivity index (χ1) is 16.0. The quantitative estimate of drug-likeness (QED) is 0.490. The topological polar surface area (TPSA) is 86.8 Å². The number of nitrogens with one attached hydrogen (secondary N) is 1. The minimum Gasteiger partial charge on any atom is -0.354 e. The molecule has 0 aromatic heterocycles. The van der Waals surface area contributed by atoms with Crippen molar-refractivity contribution in [2.75, 3.05) is 23.7 Å². The van der Waals surface area contributed by atoms with E-state index in [9.17, 15) is 18.0 Å². The normalized spacial score (nSPS) is 12.2. The summed E-state index contributed by atoms with van der Waals surface area (Å²) < 4.78 is 26.7. The highest BCUT2D eigenvalue weighted by Crippen LogP contribution is 2.27. The van der Waals surface area contributed by atoms with Crippen molar-refractivity contribution in [1.29, 1.82) is 0 Å². The zero-order valence-electron chi connectivity index (χ0n) is 21.1. The number of carbonyl (C=O) groups is 2. The van der Waals surface area contributed by atoms with Crippen LogP contribution in [0.3, 0.4) is 0 Å². The molecule has 2 rings (SSSR count). The second-order valence-electron chi connectivity index (χ2n) is 8.78. The summed E-state index contributed by atoms with van der Waals surface area (Å²) >= 11 is 0. The summed E-state index contributed by atoms with van der Waals surface area (Å²) in [4.78, 5) is 28.0. The van der Waals surface area contributed by atoms with E-state index in [1.54, 1.807) is 6.92 Å². The smallest absolute Gasteiger partial charge is 0.244 e. The van der Waals surface area contributed by atoms with Gasteiger partial charge in [0.05, 0.1) is 11.9 Å². The summed E-state index contributed by atoms with van der Waals surface area (Å²) in [6.07, 6.45) is 2.89. The molecule has 0 aliphatic carbocycles. The van der Waals surface area contributed by atoms with E-state index < -0.39 is 22.0 Å². The molecule has 0 bridgehead atoms. The number of nitrogens with zero attached hydrogens (tertiary/aromatic N) is 2. The third-order valence-electron chi connectivity index (χ3n) is 5.97. The van der Waals surface area contributed by atoms with Crippen molar-refractivity contribution < 1.29 is 18.0 Å². The molecule has 2 aromatic carbocycles. The van der Waals surface area contributed by atoms with Crippen LogP contribution in [0.15, 0.2) is 42.5 Å². The summed E-state index contributed by atoms with van der Waals surface area (Å²) in [6, 6.07) is 12.4. The molecule has 0 saturated heterocycles. The van der Waals surface area contributed by atoms with E-state index in [2.05, 4.69) is 5.32 Å². The predicted molar refractivity (Wildman–Crippen MR) is 137 cm³/mol. The van der Waals surface area contributed by atoms with Crippen molar-refractivity contribution in [1.82, 2.24) is 10.2 Å². The zero-order valence-corrected chi connectivity index (χ0v) is 21.9. The number of anilines is 1. The molecule has 0 saturated carbocycles. The molecular formula is C26H37N3O4S. The third-order valence-corrected chi connectivity index (χ3v) is 7.08. The molecule has 34 heavy (non-hydrogen) atoms. The van der Waals surface area contributed by atoms with Gasteiger partial charge < -0.3 is 10.2 Å². The number of benzene rings is 2. The molecule has 186 valence electrons. The van der Waals surface area contributed by atoms with E-state index in [1.165, 1.54) is 4.90 Å². The van der Waals surface area contributed by atoms with Crippen molar-refractivity contribution in [2.45, 2.75) is 60.0 Å². The van der Waals surface area contributed by atoms with Crippen molar-refractivity contribution in [2.24, 2.45) is 0 Å². The van der Waals surface area contributed by atoms with Crippen molar-refractivity contribution in [3.05, 3.63) is 64.7 Å². The monoisotopic (exact) mass is 487 g/mol. The maximum absolute atomic E-state index is 13.6. The summed E-state index contributed by atoms with van der Waals surface area (Å²) in [6.45, 7) is 9.66. The molecule has 2 amide bonds. The van der Waals surface area contributed by atoms with Crippen LogP contribution in [0.5, 0.6) is 0 Å². The average Bonchev–Trinajstić information content (AvgIpc) is 2.76. The number of amides is 2. The van der Waals surface area contributed by atoms with Crippen LogP contribution in [-0.4, -0.2) is 50.5 Å². The van der Waals surface area contributed by atoms with Gasteiger partial charge in [0.1, 0.15) is 12.6 Å². The Morgan fingerprint density at radius 2 is 1.56 bits per heavy atom. The van der Waals surface area contributed by atoms with Crippen molar-refractivity contribution >= 4 is 27.5 Å². The van der Waals surface area contributed by atoms with Gasteiger partial charge in [-0.15, -0.1) is 0 Å². The van der Waals surface area contributed by atoms with E-state index in [0.29, 0.717) is 12.2 Å². The van der Waals surface area contributed by atoms with Gasteiger partial charge in [-0.25, -0.2) is 8.42 Å². The highest BCUT2D eigenvalue weighted by Gasteiger charge is 2.31. The number of para-hydroxylation sites is 1. The van der Waals surface area contributed by atoms with Crippen LogP contribution >= 0.6 is 0 Å². The lowest BCUT2D eigenvalue weighted by atomic mass is 10.1. The molecule has 7 nitrogen and oxygen atoms in total. The van der Waals surface area contributed by atoms with Crippen LogP contribution in [0.2, 0.25) is 0 Å². The van der Waals surface area contributed by atoms with Gasteiger partial charge in [0.2, 0.25) is 21.8 Å². The maximum Gasteiger partial charge on any atom is 0.244 e. The van der Waals surface area contributed by atoms with Crippen LogP contribution in [0, 0.1) is 20.8 Å². The van der Waals surface area contributed by atoms with E-state index in [4.69, 9.17) is 0 Å². The molecule has 1 N–H and O–H groups in total. The molecule has 0 heterocycles. The largest absolute Gasteiger partial charge is 0.354 e. The van der Waals surface area contributed by atoms with Crippen molar-refractivity contribution in [3.8, 4) is 0 Å². The minimum atomic E-state index is -3.75. The number of aryl methyl sites for hydroxylation is 3. The molecule has 0 aliphatic rings. The number of sulfonamides is 1. The van der Waals surface area contributed by atoms with Crippen LogP contribution in [0.25, 0.3) is 0 Å². The Bertz CT molecular complexity index is 1090. The van der Waals surface area contributed by atoms with E-state index in [0.717, 1.165) is 45.7 Å². The summed E-state index contributed by atoms with van der Waals surface area (Å²) in [7, 11) is -3.75. The van der Waals surface area contributed by atoms with Gasteiger partial charge in [-0.2, -0.15) is 0 Å². The zero-order chi connectivity index (χ0) is 25.5. The lowest BCUT2D eigenvalue weighted by Crippen LogP contribution is -2.51. The van der Waals surface area contributed by atoms with Crippen LogP contribution in [-0.2, 0) is 26.2 Å². The van der Waals surface area contributed by atoms with Crippen LogP contribution in [0.1, 0.15) is 48.9 Å². The Kier molecular flexibility index (Phi) is 9.67. The molecule has 0 unspecified atom stereocenters. The Labute approximate surface area is 204 Å². The molecule has 0 spiro atoms. The number of hydrogen-bond acceptors (Lipinski definition) is 4. The van der Waals surface area contributed by atoms with Gasteiger partial charge in [-0.1, -0.05) is 55.8 Å². The first-order valence-electron chi connectivity index (χ1n) is 11.6. The van der Waals surface area contributed by atoms with Crippen LogP contribution in [0.4, 0.5) is 5.69 Å². The van der Waals surface area contributed by atoms with Gasteiger partial charge in [0.15, 0.2) is 0 Å². The molecule has 0 fully saturated rings. The highest BCUT2D eigenvalue weighted by molar-refractivity contribution is 7.92. The Hall–Kier alpha value is -2.87. The van der Waals surface area contributed by atoms with E-state index >= 15 is 0 Å². The molecule has 8 heteroatoms. The van der Waals surface area contributed by atoms with Crippen LogP contribution < -0.4 is 9.62 Å². The van der Waals surface area contributed by atoms with Gasteiger partial charge in [-0.05, 0) is 56.4 Å². The SMILES string of the molecule is CCCCNC(=O)[C@@H](C)N(Cc1ccccc1C)C(=O)CN(c1c(C)cccc1C)S(C)(=O)=O. The summed E-state index contributed by atoms with van der Waals surface area (Å²) in [5.74, 6) is -0.692. The fourth-order valence-electron chi connectivity index (χ4n) is 3.86. The molecular weight excluding hydrogens is 450 g/mol. The first kappa shape index (κ1) is 27.4. The second-order valence-corrected chi connectivity index (χ2v) is 10.7. The molecule has 2 aromatic rings. The minimum absolute atomic E-state index is 0.207. The Morgan fingerprint density at radius 3 is 2.12 bits per heavy atom. The summed E-state index contributed by atoms with van der Waals surface area (Å²) in [5, 5.41) is 2.89. The van der Waals surface area contributed by atoms with Gasteiger partial charge in [-0.3, -0.25) is 13.9 Å². The van der Waals surface area contributed by atoms with E-state index in [-0.39, 0.29) is 19.0 Å². The van der Waals surface area contributed by atoms with Gasteiger partial charge in [0.25, 0.3) is 0 Å². The number of rotatable bonds is 11. The molecule has 1 atom stereocenters. The third kappa shape index (κ3) is 7.06. The van der Waals surface area contributed by atoms with Crippen molar-refractivity contribution in [3.63, 3.8) is 0 Å². The van der Waals surface area contributed by atoms with E-state index in [1.807, 2.05) is 70.2 Å². The number of hydrogen-bond donors (Lipinski definition) is 1. The predicted octanol–water partition coefficient (Wildman–Crippen LogP) is 3.71. The molecule has 0 radical (unpaired) electrons. The maximum atomic E-state index is 13.6. The lowest BCUT2D eigenvalue weighted by molar-refractivity contribution is -0.139. The fraction of sp³-hybridized carbons (Fsp3) is 0.462. The fourth-order valence-corrected chi connectivity index (χ4v) is 4.83. The average molecular weight is 488 g/mol. The lowest BCUT2D eigenvalue weighted by Gasteiger charge is -2.32. The molecule has 0 aliphatic heterocycles. The van der Waals surface area contributed by atoms with Gasteiger partial charge >= 0.3 is 0 Å². The standard InChI is InChI=1S/C26H37N3O4S/c1-7-8-16-27-26(31)22(5)28(17-23-15-10-9-12-19(23)2)24(30)18-29(34(6,32)33)25-20(3)13-11-14-21(25)4/h9-15,22H,7-8,16-18H2,1-6H3,(H,27,31)/t22-/m1/s1. The Balaban J connectivity index is 2.42. The highest BCUT2D eigenvalue weighted by atomic mass is 32.2. The number of unbranched alkanes of at least 4 members (excludes halogenated alkanes) is 1. The first-order valence-corrected chi connectivity index (χ1v) is 13.5.